The van der Waals surface area contributed by atoms with Crippen molar-refractivity contribution in [1.82, 2.24) is 0 Å². The van der Waals surface area contributed by atoms with Crippen LogP contribution in [0.4, 0.5) is 0 Å². The molecule has 0 saturated carbocycles. The van der Waals surface area contributed by atoms with E-state index in [0.29, 0.717) is 6.42 Å². The number of hydrogen-bond acceptors (Lipinski definition) is 1. The molecule has 0 aromatic heterocycles. The van der Waals surface area contributed by atoms with Gasteiger partial charge < -0.3 is 5.11 Å². The summed E-state index contributed by atoms with van der Waals surface area (Å²) in [6.45, 7) is 2.09. The van der Waals surface area contributed by atoms with Gasteiger partial charge in [-0.05, 0) is 54.9 Å². The van der Waals surface area contributed by atoms with Crippen LogP contribution in [0.1, 0.15) is 46.8 Å². The molecule has 2 aromatic carbocycles. The van der Waals surface area contributed by atoms with Crippen LogP contribution in [0.5, 0.6) is 0 Å². The lowest BCUT2D eigenvalue weighted by Crippen LogP contribution is -2.07. The maximum absolute atomic E-state index is 10.5. The molecule has 0 radical (unpaired) electrons. The third kappa shape index (κ3) is 2.94. The Morgan fingerprint density at radius 2 is 1.80 bits per heavy atom. The maximum atomic E-state index is 10.5. The molecule has 0 aliphatic heterocycles. The van der Waals surface area contributed by atoms with Crippen molar-refractivity contribution in [3.63, 3.8) is 0 Å². The number of rotatable bonds is 3. The summed E-state index contributed by atoms with van der Waals surface area (Å²) in [5.74, 6) is 0. The van der Waals surface area contributed by atoms with E-state index >= 15 is 0 Å². The molecule has 0 bridgehead atoms. The molecule has 0 amide bonds. The zero-order valence-electron chi connectivity index (χ0n) is 12.1. The smallest absolute Gasteiger partial charge is 0.0830 e. The van der Waals surface area contributed by atoms with Gasteiger partial charge in [-0.15, -0.1) is 0 Å². The van der Waals surface area contributed by atoms with E-state index in [9.17, 15) is 5.11 Å². The number of benzene rings is 2. The van der Waals surface area contributed by atoms with Crippen LogP contribution >= 0.6 is 0 Å². The van der Waals surface area contributed by atoms with Crippen LogP contribution < -0.4 is 0 Å². The largest absolute Gasteiger partial charge is 0.388 e. The van der Waals surface area contributed by atoms with Crippen LogP contribution in [-0.4, -0.2) is 5.11 Å². The van der Waals surface area contributed by atoms with Crippen molar-refractivity contribution >= 4 is 0 Å². The molecule has 0 heterocycles. The number of hydrogen-bond donors (Lipinski definition) is 1. The van der Waals surface area contributed by atoms with Gasteiger partial charge in [0, 0.05) is 6.42 Å². The van der Waals surface area contributed by atoms with Crippen molar-refractivity contribution in [2.45, 2.75) is 45.1 Å². The van der Waals surface area contributed by atoms with E-state index in [2.05, 4.69) is 49.4 Å². The molecule has 20 heavy (non-hydrogen) atoms. The van der Waals surface area contributed by atoms with E-state index < -0.39 is 6.10 Å². The predicted octanol–water partition coefficient (Wildman–Crippen LogP) is 4.15. The van der Waals surface area contributed by atoms with E-state index in [1.807, 2.05) is 0 Å². The average molecular weight is 266 g/mol. The summed E-state index contributed by atoms with van der Waals surface area (Å²) < 4.78 is 0. The Hall–Kier alpha value is -1.60. The maximum Gasteiger partial charge on any atom is 0.0830 e. The van der Waals surface area contributed by atoms with Gasteiger partial charge in [-0.1, -0.05) is 48.0 Å². The minimum atomic E-state index is -0.399. The molecule has 104 valence electrons. The molecule has 1 atom stereocenters. The SMILES string of the molecule is Cc1cccc(CC(O)c2ccc3c(c2)CCCC3)c1. The van der Waals surface area contributed by atoms with Crippen molar-refractivity contribution in [2.24, 2.45) is 0 Å². The molecule has 1 heteroatoms. The summed E-state index contributed by atoms with van der Waals surface area (Å²) in [6.07, 6.45) is 5.25. The lowest BCUT2D eigenvalue weighted by molar-refractivity contribution is 0.178. The Morgan fingerprint density at radius 3 is 2.60 bits per heavy atom. The minimum absolute atomic E-state index is 0.399. The third-order valence-corrected chi connectivity index (χ3v) is 4.27. The standard InChI is InChI=1S/C19H22O/c1-14-5-4-6-15(11-14)12-19(20)18-10-9-16-7-2-3-8-17(16)13-18/h4-6,9-11,13,19-20H,2-3,7-8,12H2,1H3. The van der Waals surface area contributed by atoms with Crippen LogP contribution in [-0.2, 0) is 19.3 Å². The first kappa shape index (κ1) is 13.4. The summed E-state index contributed by atoms with van der Waals surface area (Å²) in [5, 5.41) is 10.5. The third-order valence-electron chi connectivity index (χ3n) is 4.27. The molecule has 1 nitrogen and oxygen atoms in total. The quantitative estimate of drug-likeness (QED) is 0.885. The Balaban J connectivity index is 1.78. The van der Waals surface area contributed by atoms with Crippen LogP contribution in [0.2, 0.25) is 0 Å². The molecule has 1 aliphatic rings. The van der Waals surface area contributed by atoms with Crippen molar-refractivity contribution in [3.8, 4) is 0 Å². The van der Waals surface area contributed by atoms with E-state index in [0.717, 1.165) is 5.56 Å². The average Bonchev–Trinajstić information content (AvgIpc) is 2.47. The van der Waals surface area contributed by atoms with Crippen LogP contribution in [0, 0.1) is 6.92 Å². The van der Waals surface area contributed by atoms with E-state index in [-0.39, 0.29) is 0 Å². The predicted molar refractivity (Wildman–Crippen MR) is 82.9 cm³/mol. The van der Waals surface area contributed by atoms with Gasteiger partial charge in [0.1, 0.15) is 0 Å². The molecular formula is C19H22O. The molecule has 0 saturated heterocycles. The summed E-state index contributed by atoms with van der Waals surface area (Å²) in [4.78, 5) is 0. The van der Waals surface area contributed by atoms with Crippen molar-refractivity contribution in [2.75, 3.05) is 0 Å². The molecule has 2 aromatic rings. The minimum Gasteiger partial charge on any atom is -0.388 e. The second kappa shape index (κ2) is 5.80. The lowest BCUT2D eigenvalue weighted by atomic mass is 9.88. The molecule has 0 fully saturated rings. The van der Waals surface area contributed by atoms with E-state index in [1.54, 1.807) is 0 Å². The molecular weight excluding hydrogens is 244 g/mol. The van der Waals surface area contributed by atoms with Gasteiger partial charge in [0.2, 0.25) is 0 Å². The van der Waals surface area contributed by atoms with Gasteiger partial charge in [-0.3, -0.25) is 0 Å². The molecule has 3 rings (SSSR count). The number of aliphatic hydroxyl groups is 1. The summed E-state index contributed by atoms with van der Waals surface area (Å²) in [5.41, 5.74) is 6.43. The lowest BCUT2D eigenvalue weighted by Gasteiger charge is -2.19. The zero-order valence-corrected chi connectivity index (χ0v) is 12.1. The van der Waals surface area contributed by atoms with Crippen molar-refractivity contribution < 1.29 is 5.11 Å². The Morgan fingerprint density at radius 1 is 1.00 bits per heavy atom. The van der Waals surface area contributed by atoms with Gasteiger partial charge in [0.05, 0.1) is 6.10 Å². The van der Waals surface area contributed by atoms with Crippen molar-refractivity contribution in [1.29, 1.82) is 0 Å². The first-order valence-electron chi connectivity index (χ1n) is 7.58. The van der Waals surface area contributed by atoms with E-state index in [1.165, 1.54) is 47.9 Å². The highest BCUT2D eigenvalue weighted by Gasteiger charge is 2.14. The highest BCUT2D eigenvalue weighted by molar-refractivity contribution is 5.35. The number of aliphatic hydroxyl groups excluding tert-OH is 1. The molecule has 1 unspecified atom stereocenters. The van der Waals surface area contributed by atoms with E-state index in [4.69, 9.17) is 0 Å². The van der Waals surface area contributed by atoms with Crippen LogP contribution in [0.25, 0.3) is 0 Å². The normalized spacial score (nSPS) is 15.7. The monoisotopic (exact) mass is 266 g/mol. The highest BCUT2D eigenvalue weighted by Crippen LogP contribution is 2.26. The van der Waals surface area contributed by atoms with Crippen molar-refractivity contribution in [3.05, 3.63) is 70.3 Å². The van der Waals surface area contributed by atoms with Gasteiger partial charge in [-0.25, -0.2) is 0 Å². The summed E-state index contributed by atoms with van der Waals surface area (Å²) in [7, 11) is 0. The molecule has 1 N–H and O–H groups in total. The van der Waals surface area contributed by atoms with Crippen LogP contribution in [0.15, 0.2) is 42.5 Å². The number of aryl methyl sites for hydroxylation is 3. The fraction of sp³-hybridized carbons (Fsp3) is 0.368. The zero-order chi connectivity index (χ0) is 13.9. The first-order chi connectivity index (χ1) is 9.72. The fourth-order valence-electron chi connectivity index (χ4n) is 3.14. The Bertz CT molecular complexity index is 600. The second-order valence-electron chi connectivity index (χ2n) is 5.94. The summed E-state index contributed by atoms with van der Waals surface area (Å²) in [6, 6.07) is 14.9. The van der Waals surface area contributed by atoms with Gasteiger partial charge in [0.25, 0.3) is 0 Å². The van der Waals surface area contributed by atoms with Gasteiger partial charge >= 0.3 is 0 Å². The fourth-order valence-corrected chi connectivity index (χ4v) is 3.14. The first-order valence-corrected chi connectivity index (χ1v) is 7.58. The molecule has 0 spiro atoms. The second-order valence-corrected chi connectivity index (χ2v) is 5.94. The topological polar surface area (TPSA) is 20.2 Å². The number of fused-ring (bicyclic) bond motifs is 1. The summed E-state index contributed by atoms with van der Waals surface area (Å²) >= 11 is 0. The van der Waals surface area contributed by atoms with Gasteiger partial charge in [0.15, 0.2) is 0 Å². The Labute approximate surface area is 121 Å². The Kier molecular flexibility index (Phi) is 3.88. The highest BCUT2D eigenvalue weighted by atomic mass is 16.3. The van der Waals surface area contributed by atoms with Crippen LogP contribution in [0.3, 0.4) is 0 Å². The molecule has 1 aliphatic carbocycles. The van der Waals surface area contributed by atoms with Gasteiger partial charge in [-0.2, -0.15) is 0 Å².